The zero-order valence-corrected chi connectivity index (χ0v) is 31.7. The fourth-order valence-corrected chi connectivity index (χ4v) is 7.61. The molecule has 13 nitrogen and oxygen atoms in total. The molecule has 1 aromatic rings. The van der Waals surface area contributed by atoms with E-state index in [1.54, 1.807) is 39.0 Å². The van der Waals surface area contributed by atoms with Gasteiger partial charge in [0.2, 0.25) is 11.8 Å². The van der Waals surface area contributed by atoms with Crippen LogP contribution in [0.4, 0.5) is 13.2 Å². The van der Waals surface area contributed by atoms with Crippen molar-refractivity contribution in [1.82, 2.24) is 10.2 Å². The van der Waals surface area contributed by atoms with Crippen molar-refractivity contribution >= 4 is 35.8 Å². The van der Waals surface area contributed by atoms with Gasteiger partial charge in [-0.3, -0.25) is 14.4 Å². The van der Waals surface area contributed by atoms with Crippen LogP contribution in [0.1, 0.15) is 94.5 Å². The maximum atomic E-state index is 14.3. The van der Waals surface area contributed by atoms with Crippen molar-refractivity contribution in [3.05, 3.63) is 53.1 Å². The number of hydrogen-bond acceptors (Lipinski definition) is 11. The fourth-order valence-electron chi connectivity index (χ4n) is 7.61. The van der Waals surface area contributed by atoms with E-state index in [2.05, 4.69) is 10.1 Å². The normalized spacial score (nSPS) is 25.3. The van der Waals surface area contributed by atoms with E-state index >= 15 is 0 Å². The molecule has 2 saturated carbocycles. The fraction of sp³-hybridized carbons (Fsp3) is 0.625. The first-order chi connectivity index (χ1) is 26.5. The Hall–Kier alpha value is -4.28. The van der Waals surface area contributed by atoms with Crippen LogP contribution in [0.2, 0.25) is 0 Å². The van der Waals surface area contributed by atoms with Gasteiger partial charge >= 0.3 is 24.1 Å². The minimum absolute atomic E-state index is 0.0160. The first-order valence-corrected chi connectivity index (χ1v) is 19.2. The lowest BCUT2D eigenvalue weighted by Gasteiger charge is -2.33. The van der Waals surface area contributed by atoms with Crippen LogP contribution in [0.3, 0.4) is 0 Å². The smallest absolute Gasteiger partial charge is 0.422 e. The summed E-state index contributed by atoms with van der Waals surface area (Å²) in [6.45, 7) is 3.34. The molecule has 4 fully saturated rings. The first-order valence-electron chi connectivity index (χ1n) is 19.2. The van der Waals surface area contributed by atoms with E-state index < -0.39 is 90.9 Å². The van der Waals surface area contributed by atoms with Crippen molar-refractivity contribution < 1.29 is 65.9 Å². The predicted molar refractivity (Wildman–Crippen MR) is 191 cm³/mol. The summed E-state index contributed by atoms with van der Waals surface area (Å²) >= 11 is 0. The van der Waals surface area contributed by atoms with E-state index in [0.29, 0.717) is 12.8 Å². The zero-order chi connectivity index (χ0) is 40.4. The third-order valence-electron chi connectivity index (χ3n) is 10.4. The summed E-state index contributed by atoms with van der Waals surface area (Å²) in [7, 11) is 0. The van der Waals surface area contributed by atoms with Gasteiger partial charge in [-0.15, -0.1) is 0 Å². The Bertz CT molecular complexity index is 1720. The number of nitrogens with one attached hydrogen (secondary N) is 1. The van der Waals surface area contributed by atoms with Crippen molar-refractivity contribution in [2.45, 2.75) is 127 Å². The highest BCUT2D eigenvalue weighted by atomic mass is 19.4. The largest absolute Gasteiger partial charge is 0.460 e. The lowest BCUT2D eigenvalue weighted by Crippen LogP contribution is -2.51. The first kappa shape index (κ1) is 41.4. The molecule has 0 aromatic heterocycles. The van der Waals surface area contributed by atoms with Crippen LogP contribution in [-0.2, 0) is 42.9 Å². The molecule has 5 aliphatic rings. The highest BCUT2D eigenvalue weighted by molar-refractivity contribution is 5.98. The number of alkyl halides is 3. The summed E-state index contributed by atoms with van der Waals surface area (Å²) in [5.41, 5.74) is -0.198. The third kappa shape index (κ3) is 10.2. The molecule has 2 N–H and O–H groups in total. The molecule has 6 rings (SSSR count). The number of likely N-dealkylation sites (tertiary alicyclic amines) is 1. The molecule has 0 radical (unpaired) electrons. The highest BCUT2D eigenvalue weighted by Gasteiger charge is 2.64. The molecule has 2 saturated heterocycles. The summed E-state index contributed by atoms with van der Waals surface area (Å²) in [6.07, 6.45) is 1.12. The number of amides is 2. The Morgan fingerprint density at radius 2 is 1.73 bits per heavy atom. The second kappa shape index (κ2) is 16.7. The van der Waals surface area contributed by atoms with Crippen molar-refractivity contribution in [2.24, 2.45) is 11.8 Å². The third-order valence-corrected chi connectivity index (χ3v) is 10.4. The van der Waals surface area contributed by atoms with Crippen molar-refractivity contribution in [1.29, 1.82) is 0 Å². The quantitative estimate of drug-likeness (QED) is 0.154. The topological polar surface area (TPSA) is 167 Å². The SMILES string of the molecule is CC(C)(C)OC(=O)CC[C@@H](CO)NC(=O)[C@H]1CCCN1C(=O)C1=C[C@H]2OC(C3CC3)(C3CC3)O[C@H]2[C@H](OC(=O)c2ccccc2C=CC(=O)OCC(F)(F)F)C1. The van der Waals surface area contributed by atoms with Gasteiger partial charge in [0.1, 0.15) is 30.0 Å². The molecule has 0 spiro atoms. The molecule has 56 heavy (non-hydrogen) atoms. The maximum Gasteiger partial charge on any atom is 0.422 e. The van der Waals surface area contributed by atoms with E-state index in [0.717, 1.165) is 37.8 Å². The molecule has 0 unspecified atom stereocenters. The van der Waals surface area contributed by atoms with Gasteiger partial charge in [0, 0.05) is 42.9 Å². The number of ether oxygens (including phenoxy) is 5. The van der Waals surface area contributed by atoms with Crippen LogP contribution < -0.4 is 5.32 Å². The lowest BCUT2D eigenvalue weighted by molar-refractivity contribution is -0.209. The van der Waals surface area contributed by atoms with Crippen LogP contribution in [0.25, 0.3) is 6.08 Å². The van der Waals surface area contributed by atoms with Gasteiger partial charge in [0.05, 0.1) is 18.2 Å². The van der Waals surface area contributed by atoms with Crippen LogP contribution in [0.5, 0.6) is 0 Å². The highest BCUT2D eigenvalue weighted by Crippen LogP contribution is 2.59. The van der Waals surface area contributed by atoms with Crippen molar-refractivity contribution in [3.63, 3.8) is 0 Å². The van der Waals surface area contributed by atoms with Crippen molar-refractivity contribution in [2.75, 3.05) is 19.8 Å². The molecule has 5 atom stereocenters. The van der Waals surface area contributed by atoms with Gasteiger partial charge in [-0.25, -0.2) is 9.59 Å². The van der Waals surface area contributed by atoms with Gasteiger partial charge in [-0.1, -0.05) is 18.2 Å². The van der Waals surface area contributed by atoms with Crippen LogP contribution >= 0.6 is 0 Å². The number of aliphatic hydroxyl groups is 1. The maximum absolute atomic E-state index is 14.3. The molecule has 0 bridgehead atoms. The lowest BCUT2D eigenvalue weighted by atomic mass is 9.91. The summed E-state index contributed by atoms with van der Waals surface area (Å²) in [5, 5.41) is 12.8. The van der Waals surface area contributed by atoms with Crippen molar-refractivity contribution in [3.8, 4) is 0 Å². The Morgan fingerprint density at radius 3 is 2.38 bits per heavy atom. The second-order valence-corrected chi connectivity index (χ2v) is 16.1. The predicted octanol–water partition coefficient (Wildman–Crippen LogP) is 4.55. The molecule has 2 amide bonds. The standard InChI is InChI=1S/C40H49F3N2O11/c1-38(2,3)55-33(48)17-15-27(21-46)44-35(49)29-9-6-18-45(29)36(50)24-19-30(34-31(20-24)54-40(56-34,25-11-12-25)26-13-14-26)53-37(51)28-8-5-4-7-23(28)10-16-32(47)52-22-39(41,42)43/h4-5,7-8,10,16,20,25-27,29-31,34,46H,6,9,11-15,17-19,21-22H2,1-3H3,(H,44,49)/t27-,29+,30+,31+,34-/m0/s1. The van der Waals surface area contributed by atoms with Gasteiger partial charge in [0.25, 0.3) is 0 Å². The van der Waals surface area contributed by atoms with Gasteiger partial charge < -0.3 is 39.0 Å². The average Bonchev–Trinajstić information content (AvgIpc) is 4.08. The number of halogens is 3. The average molecular weight is 791 g/mol. The van der Waals surface area contributed by atoms with Crippen LogP contribution in [-0.4, -0.2) is 107 Å². The van der Waals surface area contributed by atoms with E-state index in [9.17, 15) is 42.3 Å². The molecule has 2 heterocycles. The van der Waals surface area contributed by atoms with E-state index in [1.807, 2.05) is 0 Å². The monoisotopic (exact) mass is 790 g/mol. The Labute approximate surface area is 322 Å². The van der Waals surface area contributed by atoms with Gasteiger partial charge in [-0.05, 0) is 89.5 Å². The number of aliphatic hydroxyl groups excluding tert-OH is 1. The summed E-state index contributed by atoms with van der Waals surface area (Å²) in [6, 6.07) is 4.48. The van der Waals surface area contributed by atoms with E-state index in [-0.39, 0.29) is 54.3 Å². The van der Waals surface area contributed by atoms with Crippen LogP contribution in [0, 0.1) is 11.8 Å². The Balaban J connectivity index is 1.17. The number of hydrogen-bond donors (Lipinski definition) is 2. The van der Waals surface area contributed by atoms with Crippen LogP contribution in [0.15, 0.2) is 42.0 Å². The Kier molecular flexibility index (Phi) is 12.3. The van der Waals surface area contributed by atoms with Gasteiger partial charge in [-0.2, -0.15) is 13.2 Å². The summed E-state index contributed by atoms with van der Waals surface area (Å²) in [4.78, 5) is 67.3. The molecule has 2 aliphatic heterocycles. The number of benzene rings is 1. The molecule has 3 aliphatic carbocycles. The number of nitrogens with zero attached hydrogens (tertiary/aromatic N) is 1. The number of rotatable bonds is 14. The zero-order valence-electron chi connectivity index (χ0n) is 31.7. The summed E-state index contributed by atoms with van der Waals surface area (Å²) < 4.78 is 66.6. The summed E-state index contributed by atoms with van der Waals surface area (Å²) in [5.74, 6) is -3.98. The number of carbonyl (C=O) groups excluding carboxylic acids is 5. The second-order valence-electron chi connectivity index (χ2n) is 16.1. The minimum atomic E-state index is -4.70. The molecular weight excluding hydrogens is 741 g/mol. The number of fused-ring (bicyclic) bond motifs is 1. The van der Waals surface area contributed by atoms with E-state index in [1.165, 1.54) is 17.0 Å². The molecule has 1 aromatic carbocycles. The Morgan fingerprint density at radius 1 is 1.04 bits per heavy atom. The van der Waals surface area contributed by atoms with Gasteiger partial charge in [0.15, 0.2) is 12.4 Å². The molecular formula is C40H49F3N2O11. The number of carbonyl (C=O) groups is 5. The van der Waals surface area contributed by atoms with E-state index in [4.69, 9.17) is 18.9 Å². The number of esters is 3. The molecule has 306 valence electrons. The minimum Gasteiger partial charge on any atom is -0.460 e. The molecule has 16 heteroatoms.